The molecule has 2 aliphatic rings. The Morgan fingerprint density at radius 2 is 2.00 bits per heavy atom. The molecule has 3 aromatic rings. The highest BCUT2D eigenvalue weighted by molar-refractivity contribution is 6.38. The van der Waals surface area contributed by atoms with Gasteiger partial charge in [0.05, 0.1) is 39.6 Å². The number of rotatable bonds is 7. The normalized spacial score (nSPS) is 19.5. The molecule has 0 bridgehead atoms. The zero-order chi connectivity index (χ0) is 25.9. The molecule has 9 nitrogen and oxygen atoms in total. The first-order valence-electron chi connectivity index (χ1n) is 11.2. The van der Waals surface area contributed by atoms with E-state index in [1.54, 1.807) is 11.9 Å². The number of anilines is 2. The molecule has 0 aliphatic carbocycles. The van der Waals surface area contributed by atoms with E-state index >= 15 is 4.39 Å². The summed E-state index contributed by atoms with van der Waals surface area (Å²) in [4.78, 5) is 26.6. The van der Waals surface area contributed by atoms with E-state index in [0.717, 1.165) is 18.3 Å². The molecule has 2 aromatic carbocycles. The molecule has 2 aliphatic heterocycles. The van der Waals surface area contributed by atoms with Crippen molar-refractivity contribution in [3.05, 3.63) is 62.4 Å². The number of likely N-dealkylation sites (N-methyl/N-ethyl adjacent to an activating group) is 1. The van der Waals surface area contributed by atoms with Crippen molar-refractivity contribution in [3.8, 4) is 5.69 Å². The standard InChI is InChI=1S/C24H23ClF2N4O5/c1-10-24(36-10)35-9-11-3-15(26)17(28)5-18(11)31-8-14(23(33)34)22(32)13-4-16(27)21(19(25)20(13)31)30-6-12(7-30)29-2/h3-5,8,10,12,24,29H,6-7,9,28H2,1-2H3,(H,33,34). The average Bonchev–Trinajstić information content (AvgIpc) is 3.51. The number of fused-ring (bicyclic) bond motifs is 1. The third-order valence-electron chi connectivity index (χ3n) is 6.51. The van der Waals surface area contributed by atoms with Crippen molar-refractivity contribution in [2.24, 2.45) is 0 Å². The molecule has 3 heterocycles. The number of pyridine rings is 1. The summed E-state index contributed by atoms with van der Waals surface area (Å²) in [7, 11) is 1.79. The molecule has 12 heteroatoms. The van der Waals surface area contributed by atoms with E-state index in [1.165, 1.54) is 10.6 Å². The van der Waals surface area contributed by atoms with E-state index in [2.05, 4.69) is 5.32 Å². The molecule has 0 radical (unpaired) electrons. The van der Waals surface area contributed by atoms with Gasteiger partial charge in [-0.1, -0.05) is 11.6 Å². The van der Waals surface area contributed by atoms with E-state index in [9.17, 15) is 19.1 Å². The zero-order valence-corrected chi connectivity index (χ0v) is 20.1. The highest BCUT2D eigenvalue weighted by Crippen LogP contribution is 2.39. The van der Waals surface area contributed by atoms with Crippen LogP contribution in [0.5, 0.6) is 0 Å². The minimum Gasteiger partial charge on any atom is -0.477 e. The molecule has 2 saturated heterocycles. The molecule has 2 unspecified atom stereocenters. The van der Waals surface area contributed by atoms with Gasteiger partial charge in [0, 0.05) is 30.9 Å². The number of carboxylic acid groups (broad SMARTS) is 1. The molecular weight excluding hydrogens is 498 g/mol. The van der Waals surface area contributed by atoms with E-state index < -0.39 is 34.9 Å². The number of carbonyl (C=O) groups is 1. The van der Waals surface area contributed by atoms with Crippen LogP contribution >= 0.6 is 11.6 Å². The van der Waals surface area contributed by atoms with Gasteiger partial charge in [0.25, 0.3) is 0 Å². The van der Waals surface area contributed by atoms with Gasteiger partial charge < -0.3 is 35.1 Å². The highest BCUT2D eigenvalue weighted by atomic mass is 35.5. The van der Waals surface area contributed by atoms with Crippen molar-refractivity contribution in [2.45, 2.75) is 32.0 Å². The number of hydrogen-bond donors (Lipinski definition) is 3. The smallest absolute Gasteiger partial charge is 0.341 e. The predicted octanol–water partition coefficient (Wildman–Crippen LogP) is 2.87. The summed E-state index contributed by atoms with van der Waals surface area (Å²) in [6.07, 6.45) is 0.506. The molecule has 2 fully saturated rings. The van der Waals surface area contributed by atoms with Gasteiger partial charge in [0.1, 0.15) is 23.3 Å². The quantitative estimate of drug-likeness (QED) is 0.321. The second-order valence-corrected chi connectivity index (χ2v) is 9.26. The molecule has 5 rings (SSSR count). The van der Waals surface area contributed by atoms with Crippen molar-refractivity contribution in [3.63, 3.8) is 0 Å². The summed E-state index contributed by atoms with van der Waals surface area (Å²) in [5.74, 6) is -2.97. The number of nitrogen functional groups attached to an aromatic ring is 1. The number of carboxylic acids is 1. The predicted molar refractivity (Wildman–Crippen MR) is 130 cm³/mol. The first-order valence-corrected chi connectivity index (χ1v) is 11.6. The van der Waals surface area contributed by atoms with Crippen molar-refractivity contribution < 1.29 is 28.2 Å². The lowest BCUT2D eigenvalue weighted by Gasteiger charge is -2.41. The number of nitrogens with zero attached hydrogens (tertiary/aromatic N) is 2. The van der Waals surface area contributed by atoms with Gasteiger partial charge in [-0.2, -0.15) is 0 Å². The number of aromatic carboxylic acids is 1. The zero-order valence-electron chi connectivity index (χ0n) is 19.3. The molecule has 0 spiro atoms. The molecule has 190 valence electrons. The SMILES string of the molecule is CNC1CN(c2c(F)cc3c(=O)c(C(=O)O)cn(-c4cc(N)c(F)cc4COC4OC4C)c3c2Cl)C1. The van der Waals surface area contributed by atoms with Crippen molar-refractivity contribution in [2.75, 3.05) is 30.8 Å². The molecule has 0 saturated carbocycles. The molecule has 2 atom stereocenters. The molecule has 4 N–H and O–H groups in total. The van der Waals surface area contributed by atoms with Crippen LogP contribution in [0.15, 0.2) is 29.2 Å². The van der Waals surface area contributed by atoms with Crippen LogP contribution in [0.2, 0.25) is 5.02 Å². The van der Waals surface area contributed by atoms with Gasteiger partial charge in [-0.3, -0.25) is 4.79 Å². The number of nitrogens with one attached hydrogen (secondary N) is 1. The molecule has 0 amide bonds. The Bertz CT molecular complexity index is 1460. The van der Waals surface area contributed by atoms with E-state index in [-0.39, 0.29) is 51.7 Å². The van der Waals surface area contributed by atoms with Crippen LogP contribution in [0.1, 0.15) is 22.8 Å². The number of hydrogen-bond acceptors (Lipinski definition) is 7. The Morgan fingerprint density at radius 1 is 1.31 bits per heavy atom. The van der Waals surface area contributed by atoms with Gasteiger partial charge in [0.2, 0.25) is 5.43 Å². The van der Waals surface area contributed by atoms with E-state index in [1.807, 2.05) is 6.92 Å². The topological polar surface area (TPSA) is 122 Å². The first kappa shape index (κ1) is 24.4. The van der Waals surface area contributed by atoms with Crippen LogP contribution in [-0.4, -0.2) is 54.2 Å². The number of halogens is 3. The molecule has 1 aromatic heterocycles. The second kappa shape index (κ2) is 9.00. The number of epoxide rings is 1. The summed E-state index contributed by atoms with van der Waals surface area (Å²) in [5, 5.41) is 12.5. The highest BCUT2D eigenvalue weighted by Gasteiger charge is 2.36. The monoisotopic (exact) mass is 520 g/mol. The Kier molecular flexibility index (Phi) is 6.11. The van der Waals surface area contributed by atoms with Gasteiger partial charge in [-0.25, -0.2) is 13.6 Å². The van der Waals surface area contributed by atoms with Crippen molar-refractivity contribution in [1.82, 2.24) is 9.88 Å². The van der Waals surface area contributed by atoms with Crippen LogP contribution < -0.4 is 21.4 Å². The Morgan fingerprint density at radius 3 is 2.61 bits per heavy atom. The van der Waals surface area contributed by atoms with Gasteiger partial charge in [0.15, 0.2) is 6.29 Å². The largest absolute Gasteiger partial charge is 0.477 e. The fourth-order valence-corrected chi connectivity index (χ4v) is 4.76. The lowest BCUT2D eigenvalue weighted by molar-refractivity contribution is 0.0384. The maximum atomic E-state index is 15.2. The number of aromatic nitrogens is 1. The Hall–Kier alpha value is -3.25. The van der Waals surface area contributed by atoms with Crippen LogP contribution in [-0.2, 0) is 16.1 Å². The summed E-state index contributed by atoms with van der Waals surface area (Å²) in [5.41, 5.74) is 4.80. The summed E-state index contributed by atoms with van der Waals surface area (Å²) in [6, 6.07) is 3.58. The number of ether oxygens (including phenoxy) is 2. The van der Waals surface area contributed by atoms with Crippen LogP contribution in [0.25, 0.3) is 16.6 Å². The fraction of sp³-hybridized carbons (Fsp3) is 0.333. The summed E-state index contributed by atoms with van der Waals surface area (Å²) >= 11 is 6.72. The lowest BCUT2D eigenvalue weighted by Crippen LogP contribution is -2.57. The minimum absolute atomic E-state index is 0.0688. The molecular formula is C24H23ClF2N4O5. The van der Waals surface area contributed by atoms with Crippen LogP contribution in [0.3, 0.4) is 0 Å². The maximum absolute atomic E-state index is 15.2. The summed E-state index contributed by atoms with van der Waals surface area (Å²) in [6.45, 7) is 2.68. The van der Waals surface area contributed by atoms with E-state index in [0.29, 0.717) is 18.7 Å². The minimum atomic E-state index is -1.51. The van der Waals surface area contributed by atoms with Crippen LogP contribution in [0, 0.1) is 11.6 Å². The third-order valence-corrected chi connectivity index (χ3v) is 6.87. The Labute approximate surface area is 209 Å². The number of benzene rings is 2. The van der Waals surface area contributed by atoms with Gasteiger partial charge in [-0.05, 0) is 32.2 Å². The van der Waals surface area contributed by atoms with Crippen molar-refractivity contribution >= 4 is 39.8 Å². The average molecular weight is 521 g/mol. The van der Waals surface area contributed by atoms with Gasteiger partial charge in [-0.15, -0.1) is 0 Å². The molecule has 36 heavy (non-hydrogen) atoms. The third kappa shape index (κ3) is 4.07. The number of nitrogens with two attached hydrogens (primary N) is 1. The second-order valence-electron chi connectivity index (χ2n) is 8.88. The first-order chi connectivity index (χ1) is 17.1. The Balaban J connectivity index is 1.76. The van der Waals surface area contributed by atoms with Crippen molar-refractivity contribution in [1.29, 1.82) is 0 Å². The van der Waals surface area contributed by atoms with E-state index in [4.69, 9.17) is 26.8 Å². The fourth-order valence-electron chi connectivity index (χ4n) is 4.35. The van der Waals surface area contributed by atoms with Crippen LogP contribution in [0.4, 0.5) is 20.2 Å². The van der Waals surface area contributed by atoms with Gasteiger partial charge >= 0.3 is 5.97 Å². The summed E-state index contributed by atoms with van der Waals surface area (Å²) < 4.78 is 41.9. The lowest BCUT2D eigenvalue weighted by atomic mass is 10.0. The maximum Gasteiger partial charge on any atom is 0.341 e.